The van der Waals surface area contributed by atoms with E-state index in [1.807, 2.05) is 38.1 Å². The predicted molar refractivity (Wildman–Crippen MR) is 78.5 cm³/mol. The normalized spacial score (nSPS) is 10.6. The zero-order valence-corrected chi connectivity index (χ0v) is 11.7. The van der Waals surface area contributed by atoms with Gasteiger partial charge in [-0.25, -0.2) is 4.39 Å². The molecule has 20 heavy (non-hydrogen) atoms. The molecular weight excluding hydrogens is 251 g/mol. The number of nitrogens with zero attached hydrogens (tertiary/aromatic N) is 1. The topological polar surface area (TPSA) is 35.8 Å². The lowest BCUT2D eigenvalue weighted by Crippen LogP contribution is -2.22. The lowest BCUT2D eigenvalue weighted by atomic mass is 10.0. The van der Waals surface area contributed by atoms with Crippen molar-refractivity contribution in [2.75, 3.05) is 0 Å². The van der Waals surface area contributed by atoms with Gasteiger partial charge in [-0.05, 0) is 35.4 Å². The van der Waals surface area contributed by atoms with Crippen LogP contribution in [0.15, 0.2) is 42.5 Å². The standard InChI is InChI=1S/C17H17FN2/c1-12(2)20-11-16-9-15(6-7-17(16)18)14-5-3-4-13(8-14)10-19/h3-9,12,20H,11H2,1-2H3. The molecule has 0 bridgehead atoms. The molecule has 2 rings (SSSR count). The molecule has 0 spiro atoms. The molecule has 0 fully saturated rings. The summed E-state index contributed by atoms with van der Waals surface area (Å²) >= 11 is 0. The molecule has 0 aliphatic heterocycles. The SMILES string of the molecule is CC(C)NCc1cc(-c2cccc(C#N)c2)ccc1F. The van der Waals surface area contributed by atoms with Gasteiger partial charge < -0.3 is 5.32 Å². The minimum Gasteiger partial charge on any atom is -0.310 e. The minimum atomic E-state index is -0.210. The van der Waals surface area contributed by atoms with Crippen molar-refractivity contribution in [2.45, 2.75) is 26.4 Å². The van der Waals surface area contributed by atoms with Crippen molar-refractivity contribution < 1.29 is 4.39 Å². The third-order valence-electron chi connectivity index (χ3n) is 3.07. The molecule has 2 nitrogen and oxygen atoms in total. The first-order chi connectivity index (χ1) is 9.60. The fraction of sp³-hybridized carbons (Fsp3) is 0.235. The van der Waals surface area contributed by atoms with Crippen LogP contribution in [0.5, 0.6) is 0 Å². The van der Waals surface area contributed by atoms with Crippen LogP contribution in [0.25, 0.3) is 11.1 Å². The smallest absolute Gasteiger partial charge is 0.127 e. The summed E-state index contributed by atoms with van der Waals surface area (Å²) in [5.41, 5.74) is 3.09. The van der Waals surface area contributed by atoms with Crippen LogP contribution in [0.2, 0.25) is 0 Å². The quantitative estimate of drug-likeness (QED) is 0.914. The van der Waals surface area contributed by atoms with Gasteiger partial charge in [-0.15, -0.1) is 0 Å². The van der Waals surface area contributed by atoms with Crippen LogP contribution >= 0.6 is 0 Å². The number of hydrogen-bond acceptors (Lipinski definition) is 2. The molecule has 0 unspecified atom stereocenters. The van der Waals surface area contributed by atoms with E-state index in [1.165, 1.54) is 6.07 Å². The Morgan fingerprint density at radius 2 is 1.90 bits per heavy atom. The van der Waals surface area contributed by atoms with Crippen molar-refractivity contribution in [3.8, 4) is 17.2 Å². The Balaban J connectivity index is 2.33. The first kappa shape index (κ1) is 14.2. The molecule has 0 atom stereocenters. The average Bonchev–Trinajstić information content (AvgIpc) is 2.46. The van der Waals surface area contributed by atoms with Crippen LogP contribution in [0.3, 0.4) is 0 Å². The zero-order chi connectivity index (χ0) is 14.5. The second-order valence-corrected chi connectivity index (χ2v) is 5.03. The van der Waals surface area contributed by atoms with Gasteiger partial charge in [0.05, 0.1) is 11.6 Å². The van der Waals surface area contributed by atoms with E-state index in [0.717, 1.165) is 11.1 Å². The highest BCUT2D eigenvalue weighted by molar-refractivity contribution is 5.66. The van der Waals surface area contributed by atoms with Gasteiger partial charge in [0.1, 0.15) is 5.82 Å². The summed E-state index contributed by atoms with van der Waals surface area (Å²) in [5, 5.41) is 12.1. The fourth-order valence-corrected chi connectivity index (χ4v) is 1.97. The molecule has 1 N–H and O–H groups in total. The molecule has 0 radical (unpaired) electrons. The van der Waals surface area contributed by atoms with Crippen molar-refractivity contribution in [1.82, 2.24) is 5.32 Å². The number of nitrogens with one attached hydrogen (secondary N) is 1. The maximum absolute atomic E-state index is 13.8. The summed E-state index contributed by atoms with van der Waals surface area (Å²) in [6, 6.07) is 14.8. The van der Waals surface area contributed by atoms with E-state index in [0.29, 0.717) is 23.7 Å². The number of halogens is 1. The number of nitriles is 1. The minimum absolute atomic E-state index is 0.210. The van der Waals surface area contributed by atoms with Gasteiger partial charge in [-0.3, -0.25) is 0 Å². The van der Waals surface area contributed by atoms with Gasteiger partial charge in [0.15, 0.2) is 0 Å². The molecule has 0 heterocycles. The summed E-state index contributed by atoms with van der Waals surface area (Å²) in [5.74, 6) is -0.210. The van der Waals surface area contributed by atoms with Gasteiger partial charge >= 0.3 is 0 Å². The highest BCUT2D eigenvalue weighted by Crippen LogP contribution is 2.23. The molecule has 0 amide bonds. The summed E-state index contributed by atoms with van der Waals surface area (Å²) in [6.07, 6.45) is 0. The van der Waals surface area contributed by atoms with Crippen LogP contribution in [-0.2, 0) is 6.54 Å². The first-order valence-corrected chi connectivity index (χ1v) is 6.62. The van der Waals surface area contributed by atoms with Crippen LogP contribution in [-0.4, -0.2) is 6.04 Å². The Bertz CT molecular complexity index is 642. The second kappa shape index (κ2) is 6.31. The van der Waals surface area contributed by atoms with Crippen LogP contribution in [0.4, 0.5) is 4.39 Å². The highest BCUT2D eigenvalue weighted by atomic mass is 19.1. The van der Waals surface area contributed by atoms with Gasteiger partial charge in [0, 0.05) is 18.2 Å². The van der Waals surface area contributed by atoms with Crippen LogP contribution in [0.1, 0.15) is 25.0 Å². The monoisotopic (exact) mass is 268 g/mol. The Hall–Kier alpha value is -2.18. The second-order valence-electron chi connectivity index (χ2n) is 5.03. The zero-order valence-electron chi connectivity index (χ0n) is 11.7. The van der Waals surface area contributed by atoms with Gasteiger partial charge in [0.2, 0.25) is 0 Å². The Kier molecular flexibility index (Phi) is 4.49. The van der Waals surface area contributed by atoms with E-state index in [-0.39, 0.29) is 5.82 Å². The Morgan fingerprint density at radius 3 is 2.60 bits per heavy atom. The lowest BCUT2D eigenvalue weighted by molar-refractivity contribution is 0.553. The molecule has 0 saturated heterocycles. The highest BCUT2D eigenvalue weighted by Gasteiger charge is 2.06. The molecule has 2 aromatic carbocycles. The number of rotatable bonds is 4. The van der Waals surface area contributed by atoms with Crippen molar-refractivity contribution in [2.24, 2.45) is 0 Å². The van der Waals surface area contributed by atoms with Crippen molar-refractivity contribution in [3.05, 3.63) is 59.4 Å². The van der Waals surface area contributed by atoms with Crippen molar-refractivity contribution in [1.29, 1.82) is 5.26 Å². The summed E-state index contributed by atoms with van der Waals surface area (Å²) in [4.78, 5) is 0. The molecule has 3 heteroatoms. The Morgan fingerprint density at radius 1 is 1.15 bits per heavy atom. The van der Waals surface area contributed by atoms with Gasteiger partial charge in [0.25, 0.3) is 0 Å². The average molecular weight is 268 g/mol. The summed E-state index contributed by atoms with van der Waals surface area (Å²) in [6.45, 7) is 4.55. The van der Waals surface area contributed by atoms with Gasteiger partial charge in [-0.1, -0.05) is 32.0 Å². The van der Waals surface area contributed by atoms with E-state index in [9.17, 15) is 4.39 Å². The maximum atomic E-state index is 13.8. The van der Waals surface area contributed by atoms with Gasteiger partial charge in [-0.2, -0.15) is 5.26 Å². The number of hydrogen-bond donors (Lipinski definition) is 1. The largest absolute Gasteiger partial charge is 0.310 e. The molecule has 2 aromatic rings. The molecular formula is C17H17FN2. The van der Waals surface area contributed by atoms with E-state index in [2.05, 4.69) is 11.4 Å². The van der Waals surface area contributed by atoms with E-state index in [1.54, 1.807) is 12.1 Å². The Labute approximate surface area is 118 Å². The molecule has 0 aliphatic carbocycles. The van der Waals surface area contributed by atoms with Crippen molar-refractivity contribution >= 4 is 0 Å². The molecule has 102 valence electrons. The third kappa shape index (κ3) is 3.43. The van der Waals surface area contributed by atoms with Crippen molar-refractivity contribution in [3.63, 3.8) is 0 Å². The predicted octanol–water partition coefficient (Wildman–Crippen LogP) is 3.86. The molecule has 0 aromatic heterocycles. The van der Waals surface area contributed by atoms with E-state index >= 15 is 0 Å². The molecule has 0 aliphatic rings. The first-order valence-electron chi connectivity index (χ1n) is 6.62. The van der Waals surface area contributed by atoms with E-state index in [4.69, 9.17) is 5.26 Å². The van der Waals surface area contributed by atoms with Crippen LogP contribution in [0, 0.1) is 17.1 Å². The molecule has 0 saturated carbocycles. The summed E-state index contributed by atoms with van der Waals surface area (Å²) < 4.78 is 13.8. The van der Waals surface area contributed by atoms with E-state index < -0.39 is 0 Å². The number of benzene rings is 2. The van der Waals surface area contributed by atoms with Crippen LogP contribution < -0.4 is 5.32 Å². The maximum Gasteiger partial charge on any atom is 0.127 e. The summed E-state index contributed by atoms with van der Waals surface area (Å²) in [7, 11) is 0. The third-order valence-corrected chi connectivity index (χ3v) is 3.07. The lowest BCUT2D eigenvalue weighted by Gasteiger charge is -2.11. The fourth-order valence-electron chi connectivity index (χ4n) is 1.97.